The van der Waals surface area contributed by atoms with Gasteiger partial charge in [-0.05, 0) is 12.1 Å². The maximum absolute atomic E-state index is 11.9. The second-order valence-corrected chi connectivity index (χ2v) is 3.90. The number of anilines is 2. The van der Waals surface area contributed by atoms with Crippen molar-refractivity contribution in [1.29, 1.82) is 0 Å². The lowest BCUT2D eigenvalue weighted by Crippen LogP contribution is -2.16. The quantitative estimate of drug-likeness (QED) is 0.800. The molecule has 0 atom stereocenters. The molecule has 0 spiro atoms. The minimum Gasteiger partial charge on any atom is -0.397 e. The van der Waals surface area contributed by atoms with Gasteiger partial charge in [-0.25, -0.2) is 0 Å². The van der Waals surface area contributed by atoms with Crippen molar-refractivity contribution in [3.8, 4) is 0 Å². The number of para-hydroxylation sites is 1. The van der Waals surface area contributed by atoms with Gasteiger partial charge in [0.05, 0.1) is 22.5 Å². The summed E-state index contributed by atoms with van der Waals surface area (Å²) in [7, 11) is 1.73. The lowest BCUT2D eigenvalue weighted by Gasteiger charge is -2.08. The van der Waals surface area contributed by atoms with Crippen molar-refractivity contribution in [2.45, 2.75) is 0 Å². The van der Waals surface area contributed by atoms with E-state index in [1.54, 1.807) is 42.2 Å². The van der Waals surface area contributed by atoms with Gasteiger partial charge in [0.2, 0.25) is 0 Å². The Morgan fingerprint density at radius 1 is 1.47 bits per heavy atom. The summed E-state index contributed by atoms with van der Waals surface area (Å²) in [5, 5.41) is 7.01. The Morgan fingerprint density at radius 3 is 2.88 bits per heavy atom. The molecule has 1 aromatic carbocycles. The van der Waals surface area contributed by atoms with Gasteiger partial charge in [-0.3, -0.25) is 9.48 Å². The number of rotatable bonds is 2. The zero-order valence-corrected chi connectivity index (χ0v) is 9.90. The van der Waals surface area contributed by atoms with Crippen molar-refractivity contribution >= 4 is 29.0 Å². The Labute approximate surface area is 103 Å². The Morgan fingerprint density at radius 2 is 2.24 bits per heavy atom. The highest BCUT2D eigenvalue weighted by atomic mass is 35.5. The summed E-state index contributed by atoms with van der Waals surface area (Å²) < 4.78 is 1.55. The molecule has 1 heterocycles. The number of nitrogens with two attached hydrogens (primary N) is 1. The molecule has 88 valence electrons. The second-order valence-electron chi connectivity index (χ2n) is 3.50. The van der Waals surface area contributed by atoms with Crippen LogP contribution in [0.1, 0.15) is 10.4 Å². The molecule has 0 fully saturated rings. The van der Waals surface area contributed by atoms with Crippen molar-refractivity contribution in [2.24, 2.45) is 7.05 Å². The van der Waals surface area contributed by atoms with Crippen molar-refractivity contribution in [3.05, 3.63) is 41.0 Å². The van der Waals surface area contributed by atoms with Gasteiger partial charge in [-0.2, -0.15) is 5.10 Å². The van der Waals surface area contributed by atoms with E-state index in [9.17, 15) is 4.79 Å². The van der Waals surface area contributed by atoms with Crippen LogP contribution in [0.5, 0.6) is 0 Å². The number of amides is 1. The molecular weight excluding hydrogens is 240 g/mol. The number of benzene rings is 1. The van der Waals surface area contributed by atoms with Crippen molar-refractivity contribution in [2.75, 3.05) is 11.1 Å². The molecule has 0 bridgehead atoms. The van der Waals surface area contributed by atoms with Gasteiger partial charge < -0.3 is 11.1 Å². The number of carbonyl (C=O) groups is 1. The van der Waals surface area contributed by atoms with Crippen molar-refractivity contribution in [1.82, 2.24) is 9.78 Å². The lowest BCUT2D eigenvalue weighted by molar-refractivity contribution is 0.102. The Balaban J connectivity index is 2.27. The summed E-state index contributed by atoms with van der Waals surface area (Å²) in [5.74, 6) is 0.281. The molecule has 0 aliphatic carbocycles. The standard InChI is InChI=1S/C11H11ClN4O/c1-16-9(5-6-14-16)15-11(17)7-3-2-4-8(12)10(7)13/h2-6H,13H2,1H3,(H,15,17). The van der Waals surface area contributed by atoms with Crippen LogP contribution in [0.25, 0.3) is 0 Å². The predicted octanol–water partition coefficient (Wildman–Crippen LogP) is 1.91. The molecule has 3 N–H and O–H groups in total. The SMILES string of the molecule is Cn1nccc1NC(=O)c1cccc(Cl)c1N. The van der Waals surface area contributed by atoms with Crippen molar-refractivity contribution in [3.63, 3.8) is 0 Å². The van der Waals surface area contributed by atoms with Gasteiger partial charge in [0.1, 0.15) is 5.82 Å². The minimum atomic E-state index is -0.311. The largest absolute Gasteiger partial charge is 0.397 e. The predicted molar refractivity (Wildman–Crippen MR) is 67.0 cm³/mol. The fourth-order valence-corrected chi connectivity index (χ4v) is 1.59. The molecule has 2 aromatic rings. The Bertz CT molecular complexity index is 564. The summed E-state index contributed by atoms with van der Waals surface area (Å²) in [6.07, 6.45) is 1.59. The topological polar surface area (TPSA) is 72.9 Å². The van der Waals surface area contributed by atoms with E-state index in [-0.39, 0.29) is 11.6 Å². The van der Waals surface area contributed by atoms with E-state index in [1.807, 2.05) is 0 Å². The number of nitrogen functional groups attached to an aromatic ring is 1. The van der Waals surface area contributed by atoms with Crippen LogP contribution in [0, 0.1) is 0 Å². The molecule has 0 saturated carbocycles. The molecule has 0 unspecified atom stereocenters. The number of nitrogens with zero attached hydrogens (tertiary/aromatic N) is 2. The summed E-state index contributed by atoms with van der Waals surface area (Å²) in [5.41, 5.74) is 6.35. The van der Waals surface area contributed by atoms with E-state index in [0.29, 0.717) is 16.4 Å². The van der Waals surface area contributed by atoms with Gasteiger partial charge in [-0.1, -0.05) is 17.7 Å². The van der Waals surface area contributed by atoms with E-state index < -0.39 is 0 Å². The number of hydrogen-bond donors (Lipinski definition) is 2. The maximum atomic E-state index is 11.9. The zero-order valence-electron chi connectivity index (χ0n) is 9.14. The summed E-state index contributed by atoms with van der Waals surface area (Å²) in [6.45, 7) is 0. The molecule has 1 aromatic heterocycles. The number of hydrogen-bond acceptors (Lipinski definition) is 3. The fourth-order valence-electron chi connectivity index (χ4n) is 1.42. The third-order valence-corrected chi connectivity index (χ3v) is 2.69. The summed E-state index contributed by atoms with van der Waals surface area (Å²) >= 11 is 5.85. The van der Waals surface area contributed by atoms with Gasteiger partial charge in [0.25, 0.3) is 5.91 Å². The van der Waals surface area contributed by atoms with Gasteiger partial charge >= 0.3 is 0 Å². The normalized spacial score (nSPS) is 10.2. The first kappa shape index (κ1) is 11.5. The lowest BCUT2D eigenvalue weighted by atomic mass is 10.1. The molecule has 0 aliphatic rings. The van der Waals surface area contributed by atoms with Crippen LogP contribution in [-0.4, -0.2) is 15.7 Å². The molecule has 0 aliphatic heterocycles. The molecule has 2 rings (SSSR count). The summed E-state index contributed by atoms with van der Waals surface area (Å²) in [4.78, 5) is 11.9. The minimum absolute atomic E-state index is 0.272. The monoisotopic (exact) mass is 250 g/mol. The average Bonchev–Trinajstić information content (AvgIpc) is 2.68. The van der Waals surface area contributed by atoms with Crippen LogP contribution in [0.2, 0.25) is 5.02 Å². The number of aromatic nitrogens is 2. The Kier molecular flexibility index (Phi) is 3.01. The summed E-state index contributed by atoms with van der Waals surface area (Å²) in [6, 6.07) is 6.63. The first-order valence-corrected chi connectivity index (χ1v) is 5.30. The molecule has 0 saturated heterocycles. The third-order valence-electron chi connectivity index (χ3n) is 2.36. The zero-order chi connectivity index (χ0) is 12.4. The van der Waals surface area contributed by atoms with Crippen LogP contribution >= 0.6 is 11.6 Å². The smallest absolute Gasteiger partial charge is 0.258 e. The molecule has 0 radical (unpaired) electrons. The number of halogens is 1. The van der Waals surface area contributed by atoms with Gasteiger partial charge in [-0.15, -0.1) is 0 Å². The molecule has 6 heteroatoms. The van der Waals surface area contributed by atoms with Crippen LogP contribution in [0.3, 0.4) is 0 Å². The average molecular weight is 251 g/mol. The second kappa shape index (κ2) is 4.47. The molecule has 17 heavy (non-hydrogen) atoms. The van der Waals surface area contributed by atoms with Gasteiger partial charge in [0, 0.05) is 13.1 Å². The van der Waals surface area contributed by atoms with Crippen molar-refractivity contribution < 1.29 is 4.79 Å². The number of aryl methyl sites for hydroxylation is 1. The first-order valence-electron chi connectivity index (χ1n) is 4.93. The van der Waals surface area contributed by atoms with E-state index >= 15 is 0 Å². The van der Waals surface area contributed by atoms with E-state index in [2.05, 4.69) is 10.4 Å². The van der Waals surface area contributed by atoms with Crippen LogP contribution in [0.15, 0.2) is 30.5 Å². The molecular formula is C11H11ClN4O. The molecule has 5 nitrogen and oxygen atoms in total. The van der Waals surface area contributed by atoms with Crippen LogP contribution in [-0.2, 0) is 7.05 Å². The van der Waals surface area contributed by atoms with E-state index in [1.165, 1.54) is 0 Å². The highest BCUT2D eigenvalue weighted by molar-refractivity contribution is 6.34. The highest BCUT2D eigenvalue weighted by Crippen LogP contribution is 2.23. The van der Waals surface area contributed by atoms with Crippen LogP contribution in [0.4, 0.5) is 11.5 Å². The third kappa shape index (κ3) is 2.24. The first-order chi connectivity index (χ1) is 8.09. The highest BCUT2D eigenvalue weighted by Gasteiger charge is 2.12. The van der Waals surface area contributed by atoms with Gasteiger partial charge in [0.15, 0.2) is 0 Å². The van der Waals surface area contributed by atoms with E-state index in [0.717, 1.165) is 0 Å². The molecule has 1 amide bonds. The maximum Gasteiger partial charge on any atom is 0.258 e. The van der Waals surface area contributed by atoms with E-state index in [4.69, 9.17) is 17.3 Å². The fraction of sp³-hybridized carbons (Fsp3) is 0.0909. The number of nitrogens with one attached hydrogen (secondary N) is 1. The Hall–Kier alpha value is -2.01. The number of carbonyl (C=O) groups excluding carboxylic acids is 1. The van der Waals surface area contributed by atoms with Crippen LogP contribution < -0.4 is 11.1 Å².